The average molecular weight is 633 g/mol. The minimum atomic E-state index is -3.65. The van der Waals surface area contributed by atoms with E-state index in [0.29, 0.717) is 33.3 Å². The summed E-state index contributed by atoms with van der Waals surface area (Å²) in [4.78, 5) is 29.2. The van der Waals surface area contributed by atoms with Gasteiger partial charge in [0.25, 0.3) is 0 Å². The summed E-state index contributed by atoms with van der Waals surface area (Å²) in [6.07, 6.45) is 2.46. The maximum absolute atomic E-state index is 14.0. The lowest BCUT2D eigenvalue weighted by Gasteiger charge is -2.33. The Morgan fingerprint density at radius 1 is 0.929 bits per heavy atom. The molecule has 0 aliphatic rings. The molecule has 0 heterocycles. The number of sulfonamides is 1. The Balaban J connectivity index is 1.92. The van der Waals surface area contributed by atoms with Crippen LogP contribution >= 0.6 is 23.2 Å². The van der Waals surface area contributed by atoms with Gasteiger partial charge in [0.1, 0.15) is 6.04 Å². The minimum Gasteiger partial charge on any atom is -0.352 e. The van der Waals surface area contributed by atoms with Gasteiger partial charge in [0.05, 0.1) is 11.9 Å². The second-order valence-electron chi connectivity index (χ2n) is 10.5. The Kier molecular flexibility index (Phi) is 12.3. The zero-order valence-electron chi connectivity index (χ0n) is 24.5. The third-order valence-corrected chi connectivity index (χ3v) is 9.19. The predicted molar refractivity (Wildman–Crippen MR) is 171 cm³/mol. The molecule has 3 aromatic rings. The van der Waals surface area contributed by atoms with E-state index in [0.717, 1.165) is 18.2 Å². The van der Waals surface area contributed by atoms with E-state index in [-0.39, 0.29) is 43.8 Å². The fourth-order valence-electron chi connectivity index (χ4n) is 4.65. The van der Waals surface area contributed by atoms with Crippen LogP contribution in [0, 0.1) is 6.92 Å². The lowest BCUT2D eigenvalue weighted by molar-refractivity contribution is -0.141. The van der Waals surface area contributed by atoms with E-state index in [9.17, 15) is 18.0 Å². The molecule has 0 spiro atoms. The summed E-state index contributed by atoms with van der Waals surface area (Å²) in [5.41, 5.74) is 2.74. The number of rotatable bonds is 14. The molecule has 0 saturated heterocycles. The molecule has 0 aliphatic heterocycles. The first-order chi connectivity index (χ1) is 19.9. The van der Waals surface area contributed by atoms with Gasteiger partial charge in [0, 0.05) is 42.0 Å². The van der Waals surface area contributed by atoms with Crippen LogP contribution in [0.4, 0.5) is 5.69 Å². The van der Waals surface area contributed by atoms with Crippen LogP contribution < -0.4 is 9.62 Å². The Morgan fingerprint density at radius 3 is 2.21 bits per heavy atom. The highest BCUT2D eigenvalue weighted by atomic mass is 35.5. The molecule has 0 radical (unpaired) electrons. The number of nitrogens with one attached hydrogen (secondary N) is 1. The molecule has 0 aromatic heterocycles. The summed E-state index contributed by atoms with van der Waals surface area (Å²) in [5.74, 6) is -0.521. The molecule has 0 aliphatic carbocycles. The molecule has 7 nitrogen and oxygen atoms in total. The molecule has 2 amide bonds. The minimum absolute atomic E-state index is 0.0258. The maximum Gasteiger partial charge on any atom is 0.243 e. The standard InChI is InChI=1S/C32H39Cl2N3O4S/c1-5-23(2)35-32(39)30(21-25-13-7-6-8-14-25)36(22-26-15-9-10-16-28(26)34)31(38)19-12-20-37(42(4,40)41)29-18-11-17-27(33)24(29)3/h6-11,13-18,23,30H,5,12,19-22H2,1-4H3,(H,35,39)/t23-,30-/m0/s1. The fourth-order valence-corrected chi connectivity index (χ4v) is 6.03. The Bertz CT molecular complexity index is 1470. The Labute approximate surface area is 259 Å². The maximum atomic E-state index is 14.0. The number of benzene rings is 3. The van der Waals surface area contributed by atoms with Crippen molar-refractivity contribution in [2.24, 2.45) is 0 Å². The third-order valence-electron chi connectivity index (χ3n) is 7.23. The van der Waals surface area contributed by atoms with Gasteiger partial charge in [-0.2, -0.15) is 0 Å². The SMILES string of the molecule is CC[C@H](C)NC(=O)[C@H](Cc1ccccc1)N(Cc1ccccc1Cl)C(=O)CCCN(c1cccc(Cl)c1C)S(C)(=O)=O. The average Bonchev–Trinajstić information content (AvgIpc) is 2.95. The van der Waals surface area contributed by atoms with E-state index in [2.05, 4.69) is 5.32 Å². The van der Waals surface area contributed by atoms with Gasteiger partial charge in [-0.15, -0.1) is 0 Å². The number of carbonyl (C=O) groups excluding carboxylic acids is 2. The molecule has 42 heavy (non-hydrogen) atoms. The van der Waals surface area contributed by atoms with Crippen LogP contribution in [0.5, 0.6) is 0 Å². The summed E-state index contributed by atoms with van der Waals surface area (Å²) in [6, 6.07) is 21.0. The first kappa shape index (κ1) is 33.4. The number of halogens is 2. The molecule has 3 rings (SSSR count). The molecule has 3 aromatic carbocycles. The van der Waals surface area contributed by atoms with Crippen LogP contribution in [0.3, 0.4) is 0 Å². The molecule has 0 fully saturated rings. The van der Waals surface area contributed by atoms with E-state index in [1.54, 1.807) is 36.1 Å². The van der Waals surface area contributed by atoms with Crippen molar-refractivity contribution in [3.63, 3.8) is 0 Å². The molecule has 1 N–H and O–H groups in total. The highest BCUT2D eigenvalue weighted by molar-refractivity contribution is 7.92. The van der Waals surface area contributed by atoms with Gasteiger partial charge < -0.3 is 10.2 Å². The van der Waals surface area contributed by atoms with Gasteiger partial charge in [-0.3, -0.25) is 13.9 Å². The van der Waals surface area contributed by atoms with E-state index < -0.39 is 16.1 Å². The fraction of sp³-hybridized carbons (Fsp3) is 0.375. The van der Waals surface area contributed by atoms with Crippen molar-refractivity contribution in [3.8, 4) is 0 Å². The number of amides is 2. The summed E-state index contributed by atoms with van der Waals surface area (Å²) in [6.45, 7) is 5.88. The van der Waals surface area contributed by atoms with Crippen molar-refractivity contribution in [1.29, 1.82) is 0 Å². The number of hydrogen-bond donors (Lipinski definition) is 1. The lowest BCUT2D eigenvalue weighted by Crippen LogP contribution is -2.52. The molecule has 2 atom stereocenters. The van der Waals surface area contributed by atoms with Crippen molar-refractivity contribution in [2.45, 2.75) is 65.1 Å². The zero-order chi connectivity index (χ0) is 30.9. The largest absolute Gasteiger partial charge is 0.352 e. The van der Waals surface area contributed by atoms with Crippen LogP contribution in [-0.2, 0) is 32.6 Å². The predicted octanol–water partition coefficient (Wildman–Crippen LogP) is 6.40. The molecule has 0 unspecified atom stereocenters. The van der Waals surface area contributed by atoms with Crippen LogP contribution in [0.2, 0.25) is 10.0 Å². The summed E-state index contributed by atoms with van der Waals surface area (Å²) in [7, 11) is -3.65. The van der Waals surface area contributed by atoms with Gasteiger partial charge >= 0.3 is 0 Å². The van der Waals surface area contributed by atoms with Crippen LogP contribution in [-0.4, -0.2) is 50.0 Å². The topological polar surface area (TPSA) is 86.8 Å². The highest BCUT2D eigenvalue weighted by Crippen LogP contribution is 2.29. The second-order valence-corrected chi connectivity index (χ2v) is 13.2. The quantitative estimate of drug-likeness (QED) is 0.223. The smallest absolute Gasteiger partial charge is 0.243 e. The van der Waals surface area contributed by atoms with Crippen molar-refractivity contribution in [1.82, 2.24) is 10.2 Å². The second kappa shape index (κ2) is 15.4. The van der Waals surface area contributed by atoms with Crippen LogP contribution in [0.15, 0.2) is 72.8 Å². The molecule has 10 heteroatoms. The number of carbonyl (C=O) groups is 2. The number of hydrogen-bond acceptors (Lipinski definition) is 4. The molecule has 226 valence electrons. The zero-order valence-corrected chi connectivity index (χ0v) is 26.8. The van der Waals surface area contributed by atoms with Crippen molar-refractivity contribution in [3.05, 3.63) is 99.5 Å². The van der Waals surface area contributed by atoms with Gasteiger partial charge in [-0.1, -0.05) is 84.7 Å². The van der Waals surface area contributed by atoms with E-state index >= 15 is 0 Å². The third kappa shape index (κ3) is 9.21. The monoisotopic (exact) mass is 631 g/mol. The van der Waals surface area contributed by atoms with Gasteiger partial charge in [-0.05, 0) is 61.6 Å². The lowest BCUT2D eigenvalue weighted by atomic mass is 10.0. The summed E-state index contributed by atoms with van der Waals surface area (Å²) < 4.78 is 26.7. The van der Waals surface area contributed by atoms with Crippen molar-refractivity contribution in [2.75, 3.05) is 17.1 Å². The summed E-state index contributed by atoms with van der Waals surface area (Å²) >= 11 is 12.8. The van der Waals surface area contributed by atoms with Crippen molar-refractivity contribution < 1.29 is 18.0 Å². The Hall–Kier alpha value is -3.07. The van der Waals surface area contributed by atoms with Gasteiger partial charge in [0.15, 0.2) is 0 Å². The molecule has 0 saturated carbocycles. The van der Waals surface area contributed by atoms with Crippen LogP contribution in [0.25, 0.3) is 0 Å². The molecule has 0 bridgehead atoms. The summed E-state index contributed by atoms with van der Waals surface area (Å²) in [5, 5.41) is 4.00. The van der Waals surface area contributed by atoms with E-state index in [1.807, 2.05) is 62.4 Å². The Morgan fingerprint density at radius 2 is 1.57 bits per heavy atom. The number of anilines is 1. The normalized spacial score (nSPS) is 12.8. The molecular formula is C32H39Cl2N3O4S. The van der Waals surface area contributed by atoms with Gasteiger partial charge in [0.2, 0.25) is 21.8 Å². The first-order valence-corrected chi connectivity index (χ1v) is 16.6. The van der Waals surface area contributed by atoms with Gasteiger partial charge in [-0.25, -0.2) is 8.42 Å². The van der Waals surface area contributed by atoms with Crippen LogP contribution in [0.1, 0.15) is 49.8 Å². The number of nitrogens with zero attached hydrogens (tertiary/aromatic N) is 2. The first-order valence-electron chi connectivity index (χ1n) is 14.0. The molecular weight excluding hydrogens is 593 g/mol. The van der Waals surface area contributed by atoms with E-state index in [4.69, 9.17) is 23.2 Å². The highest BCUT2D eigenvalue weighted by Gasteiger charge is 2.31. The van der Waals surface area contributed by atoms with Crippen molar-refractivity contribution >= 4 is 50.7 Å². The van der Waals surface area contributed by atoms with E-state index in [1.165, 1.54) is 4.31 Å².